The first-order chi connectivity index (χ1) is 9.13. The van der Waals surface area contributed by atoms with Gasteiger partial charge >= 0.3 is 110 Å². The summed E-state index contributed by atoms with van der Waals surface area (Å²) in [7, 11) is 1.15. The summed E-state index contributed by atoms with van der Waals surface area (Å²) in [6, 6.07) is 7.56. The van der Waals surface area contributed by atoms with E-state index < -0.39 is 36.8 Å². The Morgan fingerprint density at radius 1 is 1.26 bits per heavy atom. The molecule has 1 heterocycles. The second-order valence-corrected chi connectivity index (χ2v) is 4.25. The van der Waals surface area contributed by atoms with E-state index in [1.54, 1.807) is 30.3 Å². The van der Waals surface area contributed by atoms with Gasteiger partial charge in [0.2, 0.25) is 0 Å². The summed E-state index contributed by atoms with van der Waals surface area (Å²) in [6.45, 7) is -0.408. The van der Waals surface area contributed by atoms with Gasteiger partial charge in [-0.3, -0.25) is 0 Å². The summed E-state index contributed by atoms with van der Waals surface area (Å²) in [5.41, 5.74) is 0.422. The summed E-state index contributed by atoms with van der Waals surface area (Å²) in [5, 5.41) is 28.1. The van der Waals surface area contributed by atoms with Gasteiger partial charge in [-0.25, -0.2) is 0 Å². The van der Waals surface area contributed by atoms with Gasteiger partial charge in [-0.1, -0.05) is 0 Å². The van der Waals surface area contributed by atoms with Crippen molar-refractivity contribution in [2.75, 3.05) is 6.61 Å². The van der Waals surface area contributed by atoms with Crippen molar-refractivity contribution in [3.63, 3.8) is 0 Å². The number of hydrogen-bond donors (Lipinski definition) is 3. The molecule has 3 N–H and O–H groups in total. The number of amides is 1. The summed E-state index contributed by atoms with van der Waals surface area (Å²) >= 11 is 0. The first kappa shape index (κ1) is 14.0. The zero-order chi connectivity index (χ0) is 13.8. The molecule has 1 aliphatic heterocycles. The SMILES string of the molecule is O=C(/N=B/[C@@H]1O[C@H](CO)C(O)[C@@H]1O)c1ccccc1. The number of ether oxygens (including phenoxy) is 1. The fourth-order valence-corrected chi connectivity index (χ4v) is 1.85. The number of rotatable bonds is 3. The molecule has 0 aliphatic carbocycles. The van der Waals surface area contributed by atoms with Crippen molar-refractivity contribution in [3.8, 4) is 0 Å². The molecule has 0 radical (unpaired) electrons. The Balaban J connectivity index is 2.02. The third-order valence-electron chi connectivity index (χ3n) is 2.94. The second-order valence-electron chi connectivity index (χ2n) is 4.25. The molecule has 100 valence electrons. The van der Waals surface area contributed by atoms with Gasteiger partial charge in [0.25, 0.3) is 0 Å². The maximum absolute atomic E-state index is 11.7. The minimum absolute atomic E-state index is 0.408. The number of carbonyl (C=O) groups is 1. The van der Waals surface area contributed by atoms with Crippen molar-refractivity contribution in [1.82, 2.24) is 0 Å². The van der Waals surface area contributed by atoms with Crippen LogP contribution in [0.2, 0.25) is 0 Å². The molecule has 1 aromatic rings. The first-order valence-electron chi connectivity index (χ1n) is 5.89. The molecular formula is C12H14BNO5. The van der Waals surface area contributed by atoms with Crippen molar-refractivity contribution >= 4 is 13.0 Å². The quantitative estimate of drug-likeness (QED) is 0.617. The average molecular weight is 263 g/mol. The van der Waals surface area contributed by atoms with Crippen LogP contribution < -0.4 is 0 Å². The van der Waals surface area contributed by atoms with Gasteiger partial charge in [0.05, 0.1) is 0 Å². The molecule has 1 fully saturated rings. The Morgan fingerprint density at radius 2 is 1.95 bits per heavy atom. The second kappa shape index (κ2) is 6.16. The predicted octanol–water partition coefficient (Wildman–Crippen LogP) is -0.846. The van der Waals surface area contributed by atoms with E-state index in [4.69, 9.17) is 9.84 Å². The van der Waals surface area contributed by atoms with Crippen LogP contribution in [0.5, 0.6) is 0 Å². The van der Waals surface area contributed by atoms with Crippen LogP contribution in [0.15, 0.2) is 35.2 Å². The average Bonchev–Trinajstić information content (AvgIpc) is 2.73. The minimum atomic E-state index is -1.20. The van der Waals surface area contributed by atoms with Crippen molar-refractivity contribution in [2.24, 2.45) is 4.90 Å². The Bertz CT molecular complexity index is 466. The molecule has 1 amide bonds. The normalized spacial score (nSPS) is 30.5. The van der Waals surface area contributed by atoms with E-state index >= 15 is 0 Å². The van der Waals surface area contributed by atoms with Crippen LogP contribution in [-0.4, -0.2) is 59.2 Å². The number of aliphatic hydroxyl groups excluding tert-OH is 3. The van der Waals surface area contributed by atoms with Gasteiger partial charge in [-0.2, -0.15) is 0 Å². The molecule has 7 heteroatoms. The topological polar surface area (TPSA) is 99.4 Å². The van der Waals surface area contributed by atoms with Gasteiger partial charge < -0.3 is 0 Å². The van der Waals surface area contributed by atoms with Crippen LogP contribution in [0.1, 0.15) is 10.4 Å². The van der Waals surface area contributed by atoms with E-state index in [9.17, 15) is 15.0 Å². The summed E-state index contributed by atoms with van der Waals surface area (Å²) < 4.78 is 5.17. The van der Waals surface area contributed by atoms with Crippen molar-refractivity contribution in [3.05, 3.63) is 35.9 Å². The fraction of sp³-hybridized carbons (Fsp3) is 0.417. The van der Waals surface area contributed by atoms with Crippen LogP contribution in [0.4, 0.5) is 0 Å². The number of benzene rings is 1. The summed E-state index contributed by atoms with van der Waals surface area (Å²) in [6.07, 6.45) is -3.25. The van der Waals surface area contributed by atoms with E-state index in [1.165, 1.54) is 0 Å². The van der Waals surface area contributed by atoms with E-state index in [0.29, 0.717) is 5.56 Å². The Morgan fingerprint density at radius 3 is 2.53 bits per heavy atom. The molecule has 1 saturated heterocycles. The van der Waals surface area contributed by atoms with Crippen LogP contribution in [0, 0.1) is 0 Å². The number of aliphatic hydroxyl groups is 3. The monoisotopic (exact) mass is 263 g/mol. The Kier molecular flexibility index (Phi) is 4.54. The maximum atomic E-state index is 11.7. The standard InChI is InChI=1S/C12H14BNO5/c15-6-8-9(16)10(17)11(19-8)13-14-12(18)7-4-2-1-3-5-7/h1-5,8-11,15-17H,6H2/t8-,9?,10+,11-/m1/s1. The van der Waals surface area contributed by atoms with Gasteiger partial charge in [0, 0.05) is 0 Å². The van der Waals surface area contributed by atoms with Gasteiger partial charge in [-0.05, 0) is 0 Å². The van der Waals surface area contributed by atoms with Gasteiger partial charge in [0.1, 0.15) is 0 Å². The molecule has 0 spiro atoms. The van der Waals surface area contributed by atoms with Crippen LogP contribution in [0.25, 0.3) is 0 Å². The third kappa shape index (κ3) is 3.13. The first-order valence-corrected chi connectivity index (χ1v) is 5.89. The molecule has 2 rings (SSSR count). The zero-order valence-corrected chi connectivity index (χ0v) is 10.1. The molecule has 1 aliphatic rings. The molecule has 1 unspecified atom stereocenters. The van der Waals surface area contributed by atoms with Crippen molar-refractivity contribution in [2.45, 2.75) is 24.3 Å². The van der Waals surface area contributed by atoms with Crippen molar-refractivity contribution in [1.29, 1.82) is 0 Å². The Hall–Kier alpha value is -1.41. The van der Waals surface area contributed by atoms with E-state index in [0.717, 1.165) is 7.07 Å². The molecule has 0 bridgehead atoms. The molecule has 0 aromatic heterocycles. The van der Waals surface area contributed by atoms with Crippen LogP contribution in [0.3, 0.4) is 0 Å². The zero-order valence-electron chi connectivity index (χ0n) is 10.1. The van der Waals surface area contributed by atoms with Gasteiger partial charge in [0.15, 0.2) is 0 Å². The number of carbonyl (C=O) groups excluding carboxylic acids is 1. The number of hydrogen-bond acceptors (Lipinski definition) is 5. The summed E-state index contributed by atoms with van der Waals surface area (Å²) in [4.78, 5) is 15.4. The molecule has 6 nitrogen and oxygen atoms in total. The third-order valence-corrected chi connectivity index (χ3v) is 2.94. The molecule has 1 aromatic carbocycles. The van der Waals surface area contributed by atoms with E-state index in [2.05, 4.69) is 4.90 Å². The van der Waals surface area contributed by atoms with E-state index in [-0.39, 0.29) is 0 Å². The molecular weight excluding hydrogens is 249 g/mol. The van der Waals surface area contributed by atoms with Gasteiger partial charge in [-0.15, -0.1) is 0 Å². The van der Waals surface area contributed by atoms with E-state index in [1.807, 2.05) is 0 Å². The molecule has 4 atom stereocenters. The van der Waals surface area contributed by atoms with Crippen LogP contribution in [-0.2, 0) is 4.74 Å². The molecule has 19 heavy (non-hydrogen) atoms. The fourth-order valence-electron chi connectivity index (χ4n) is 1.85. The Labute approximate surface area is 110 Å². The van der Waals surface area contributed by atoms with Crippen LogP contribution >= 0.6 is 0 Å². The summed E-state index contributed by atoms with van der Waals surface area (Å²) in [5.74, 6) is -0.460. The predicted molar refractivity (Wildman–Crippen MR) is 66.7 cm³/mol. The number of nitrogens with zero attached hydrogens (tertiary/aromatic N) is 1. The molecule has 0 saturated carbocycles. The van der Waals surface area contributed by atoms with Crippen molar-refractivity contribution < 1.29 is 24.9 Å².